The van der Waals surface area contributed by atoms with E-state index in [1.807, 2.05) is 22.7 Å². The first-order valence-electron chi connectivity index (χ1n) is 16.8. The van der Waals surface area contributed by atoms with Crippen molar-refractivity contribution in [3.05, 3.63) is 164 Å². The molecule has 2 nitrogen and oxygen atoms in total. The van der Waals surface area contributed by atoms with Crippen LogP contribution in [0.5, 0.6) is 0 Å². The van der Waals surface area contributed by atoms with Gasteiger partial charge in [-0.25, -0.2) is 0 Å². The minimum atomic E-state index is 0.881. The molecule has 0 saturated carbocycles. The van der Waals surface area contributed by atoms with Crippen LogP contribution in [0.3, 0.4) is 0 Å². The highest BCUT2D eigenvalue weighted by Crippen LogP contribution is 2.49. The number of thiophene rings is 2. The monoisotopic (exact) mass is 673 g/mol. The molecule has 0 saturated heterocycles. The molecule has 0 spiro atoms. The van der Waals surface area contributed by atoms with Gasteiger partial charge in [0.05, 0.1) is 16.8 Å². The van der Waals surface area contributed by atoms with Crippen molar-refractivity contribution in [1.82, 2.24) is 0 Å². The summed E-state index contributed by atoms with van der Waals surface area (Å²) in [5, 5.41) is 9.69. The van der Waals surface area contributed by atoms with Crippen LogP contribution in [0.15, 0.2) is 168 Å². The Labute approximate surface area is 295 Å². The Kier molecular flexibility index (Phi) is 6.03. The van der Waals surface area contributed by atoms with Crippen LogP contribution < -0.4 is 4.90 Å². The highest BCUT2D eigenvalue weighted by atomic mass is 32.1. The van der Waals surface area contributed by atoms with Gasteiger partial charge in [0.15, 0.2) is 0 Å². The van der Waals surface area contributed by atoms with Crippen molar-refractivity contribution in [2.45, 2.75) is 0 Å². The number of fused-ring (bicyclic) bond motifs is 11. The van der Waals surface area contributed by atoms with E-state index in [0.717, 1.165) is 44.4 Å². The molecule has 0 aliphatic carbocycles. The van der Waals surface area contributed by atoms with Crippen LogP contribution >= 0.6 is 22.7 Å². The van der Waals surface area contributed by atoms with Gasteiger partial charge in [-0.15, -0.1) is 22.7 Å². The minimum absolute atomic E-state index is 0.881. The van der Waals surface area contributed by atoms with Gasteiger partial charge in [-0.05, 0) is 77.2 Å². The summed E-state index contributed by atoms with van der Waals surface area (Å²) in [6.45, 7) is 0. The molecule has 4 heteroatoms. The van der Waals surface area contributed by atoms with Crippen molar-refractivity contribution in [3.63, 3.8) is 0 Å². The van der Waals surface area contributed by atoms with E-state index in [4.69, 9.17) is 4.42 Å². The van der Waals surface area contributed by atoms with Crippen LogP contribution in [0.4, 0.5) is 17.1 Å². The number of furan rings is 1. The topological polar surface area (TPSA) is 16.4 Å². The zero-order chi connectivity index (χ0) is 32.8. The molecule has 0 aliphatic rings. The van der Waals surface area contributed by atoms with E-state index in [9.17, 15) is 0 Å². The molecule has 50 heavy (non-hydrogen) atoms. The molecule has 0 bridgehead atoms. The first-order chi connectivity index (χ1) is 24.8. The molecule has 0 fully saturated rings. The van der Waals surface area contributed by atoms with Gasteiger partial charge in [0, 0.05) is 56.8 Å². The van der Waals surface area contributed by atoms with Gasteiger partial charge in [-0.3, -0.25) is 0 Å². The zero-order valence-electron chi connectivity index (χ0n) is 26.8. The number of hydrogen-bond donors (Lipinski definition) is 0. The maximum absolute atomic E-state index is 6.72. The Morgan fingerprint density at radius 3 is 1.86 bits per heavy atom. The number of hydrogen-bond acceptors (Lipinski definition) is 4. The summed E-state index contributed by atoms with van der Waals surface area (Å²) < 4.78 is 11.9. The molecule has 0 radical (unpaired) electrons. The average molecular weight is 674 g/mol. The Morgan fingerprint density at radius 1 is 0.420 bits per heavy atom. The average Bonchev–Trinajstić information content (AvgIpc) is 3.87. The molecule has 3 aromatic heterocycles. The summed E-state index contributed by atoms with van der Waals surface area (Å²) in [6, 6.07) is 59.5. The highest BCUT2D eigenvalue weighted by Gasteiger charge is 2.23. The molecule has 8 aromatic carbocycles. The third-order valence-electron chi connectivity index (χ3n) is 10.0. The van der Waals surface area contributed by atoms with E-state index in [-0.39, 0.29) is 0 Å². The van der Waals surface area contributed by atoms with Crippen LogP contribution in [0.1, 0.15) is 0 Å². The minimum Gasteiger partial charge on any atom is -0.455 e. The number of anilines is 3. The van der Waals surface area contributed by atoms with E-state index >= 15 is 0 Å². The zero-order valence-corrected chi connectivity index (χ0v) is 28.4. The van der Waals surface area contributed by atoms with Crippen molar-refractivity contribution >= 4 is 113 Å². The standard InChI is InChI=1S/C46H27NOS2/c1-2-14-32-28(11-1)25-26-35-44-36(18-9-20-38(44)48-46(32)35)47(37-19-10-24-42-45(37)34-16-4-6-22-40(34)50-42)30-13-7-12-29(27-30)31-17-8-23-41-43(31)33-15-3-5-21-39(33)49-41/h1-27H. The fourth-order valence-electron chi connectivity index (χ4n) is 7.90. The van der Waals surface area contributed by atoms with Crippen molar-refractivity contribution in [3.8, 4) is 11.1 Å². The maximum atomic E-state index is 6.72. The first kappa shape index (κ1) is 28.0. The van der Waals surface area contributed by atoms with E-state index < -0.39 is 0 Å². The predicted molar refractivity (Wildman–Crippen MR) is 217 cm³/mol. The van der Waals surface area contributed by atoms with E-state index in [1.54, 1.807) is 0 Å². The lowest BCUT2D eigenvalue weighted by Crippen LogP contribution is -2.11. The van der Waals surface area contributed by atoms with E-state index in [2.05, 4.69) is 169 Å². The SMILES string of the molecule is c1cc(-c2cccc3sc4ccccc4c23)cc(N(c2cccc3oc4c5ccccc5ccc4c23)c2cccc3sc4ccccc4c23)c1. The van der Waals surface area contributed by atoms with Crippen molar-refractivity contribution in [2.24, 2.45) is 0 Å². The quantitative estimate of drug-likeness (QED) is 0.185. The molecular formula is C46H27NOS2. The number of benzene rings is 8. The summed E-state index contributed by atoms with van der Waals surface area (Å²) in [5.74, 6) is 0. The second-order valence-electron chi connectivity index (χ2n) is 12.8. The molecular weight excluding hydrogens is 647 g/mol. The third kappa shape index (κ3) is 4.07. The molecule has 234 valence electrons. The second-order valence-corrected chi connectivity index (χ2v) is 15.0. The van der Waals surface area contributed by atoms with Gasteiger partial charge < -0.3 is 9.32 Å². The Bertz CT molecular complexity index is 3130. The number of nitrogens with zero attached hydrogens (tertiary/aromatic N) is 1. The molecule has 0 amide bonds. The number of rotatable bonds is 4. The Balaban J connectivity index is 1.23. The van der Waals surface area contributed by atoms with Gasteiger partial charge in [0.25, 0.3) is 0 Å². The summed E-state index contributed by atoms with van der Waals surface area (Å²) in [7, 11) is 0. The van der Waals surface area contributed by atoms with Crippen molar-refractivity contribution in [1.29, 1.82) is 0 Å². The van der Waals surface area contributed by atoms with Crippen LogP contribution in [0, 0.1) is 0 Å². The lowest BCUT2D eigenvalue weighted by molar-refractivity contribution is 0.672. The molecule has 11 aromatic rings. The second kappa shape index (κ2) is 10.8. The molecule has 0 unspecified atom stereocenters. The van der Waals surface area contributed by atoms with E-state index in [0.29, 0.717) is 0 Å². The van der Waals surface area contributed by atoms with Gasteiger partial charge in [0.2, 0.25) is 0 Å². The molecule has 11 rings (SSSR count). The maximum Gasteiger partial charge on any atom is 0.143 e. The fraction of sp³-hybridized carbons (Fsp3) is 0. The van der Waals surface area contributed by atoms with Gasteiger partial charge in [-0.1, -0.05) is 103 Å². The summed E-state index contributed by atoms with van der Waals surface area (Å²) in [6.07, 6.45) is 0. The van der Waals surface area contributed by atoms with Crippen molar-refractivity contribution in [2.75, 3.05) is 4.90 Å². The van der Waals surface area contributed by atoms with Crippen LogP contribution in [-0.4, -0.2) is 0 Å². The lowest BCUT2D eigenvalue weighted by Gasteiger charge is -2.27. The summed E-state index contributed by atoms with van der Waals surface area (Å²) in [5.41, 5.74) is 7.60. The van der Waals surface area contributed by atoms with Crippen LogP contribution in [0.2, 0.25) is 0 Å². The normalized spacial score (nSPS) is 12.0. The van der Waals surface area contributed by atoms with Crippen molar-refractivity contribution < 1.29 is 4.42 Å². The fourth-order valence-corrected chi connectivity index (χ4v) is 10.2. The largest absolute Gasteiger partial charge is 0.455 e. The first-order valence-corrected chi connectivity index (χ1v) is 18.5. The molecule has 0 aliphatic heterocycles. The third-order valence-corrected chi connectivity index (χ3v) is 12.3. The molecule has 0 N–H and O–H groups in total. The van der Waals surface area contributed by atoms with Gasteiger partial charge >= 0.3 is 0 Å². The predicted octanol–water partition coefficient (Wildman–Crippen LogP) is 14.6. The van der Waals surface area contributed by atoms with Gasteiger partial charge in [-0.2, -0.15) is 0 Å². The van der Waals surface area contributed by atoms with Crippen LogP contribution in [-0.2, 0) is 0 Å². The Hall–Kier alpha value is -5.94. The smallest absolute Gasteiger partial charge is 0.143 e. The molecule has 3 heterocycles. The summed E-state index contributed by atoms with van der Waals surface area (Å²) >= 11 is 3.72. The van der Waals surface area contributed by atoms with Gasteiger partial charge in [0.1, 0.15) is 11.2 Å². The highest BCUT2D eigenvalue weighted by molar-refractivity contribution is 7.26. The van der Waals surface area contributed by atoms with E-state index in [1.165, 1.54) is 56.9 Å². The Morgan fingerprint density at radius 2 is 1.04 bits per heavy atom. The summed E-state index contributed by atoms with van der Waals surface area (Å²) in [4.78, 5) is 2.46. The lowest BCUT2D eigenvalue weighted by atomic mass is 9.98. The van der Waals surface area contributed by atoms with Crippen LogP contribution in [0.25, 0.3) is 84.2 Å². The molecule has 0 atom stereocenters.